The monoisotopic (exact) mass is 698 g/mol. The number of nitrogens with zero attached hydrogens (tertiary/aromatic N) is 8. The predicted octanol–water partition coefficient (Wildman–Crippen LogP) is 3.88. The number of hydrogen-bond acceptors (Lipinski definition) is 10. The van der Waals surface area contributed by atoms with Crippen molar-refractivity contribution in [2.24, 2.45) is 5.92 Å². The van der Waals surface area contributed by atoms with E-state index >= 15 is 0 Å². The van der Waals surface area contributed by atoms with Crippen LogP contribution in [0.1, 0.15) is 44.5 Å². The van der Waals surface area contributed by atoms with Gasteiger partial charge in [0.25, 0.3) is 5.91 Å². The molecule has 3 saturated heterocycles. The van der Waals surface area contributed by atoms with Gasteiger partial charge in [0.15, 0.2) is 5.82 Å². The number of hydrogen-bond donors (Lipinski definition) is 2. The molecule has 6 rings (SSSR count). The predicted molar refractivity (Wildman–Crippen MR) is 198 cm³/mol. The van der Waals surface area contributed by atoms with Crippen LogP contribution in [0.2, 0.25) is 0 Å². The van der Waals surface area contributed by atoms with Crippen molar-refractivity contribution in [3.8, 4) is 11.4 Å². The van der Waals surface area contributed by atoms with E-state index in [-0.39, 0.29) is 17.7 Å². The van der Waals surface area contributed by atoms with Gasteiger partial charge in [-0.15, -0.1) is 0 Å². The zero-order valence-electron chi connectivity index (χ0n) is 30.2. The van der Waals surface area contributed by atoms with Crippen molar-refractivity contribution >= 4 is 41.1 Å². The van der Waals surface area contributed by atoms with Gasteiger partial charge in [0, 0.05) is 99.9 Å². The largest absolute Gasteiger partial charge is 0.378 e. The fraction of sp³-hybridized carbons (Fsp3) is 0.514. The summed E-state index contributed by atoms with van der Waals surface area (Å²) in [6.07, 6.45) is 0.827. The van der Waals surface area contributed by atoms with Gasteiger partial charge in [0.05, 0.1) is 13.2 Å². The van der Waals surface area contributed by atoms with Crippen LogP contribution < -0.4 is 20.4 Å². The number of amides is 4. The Balaban J connectivity index is 1.09. The maximum Gasteiger partial charge on any atom is 0.323 e. The zero-order valence-corrected chi connectivity index (χ0v) is 30.2. The van der Waals surface area contributed by atoms with E-state index in [0.717, 1.165) is 31.6 Å². The molecule has 2 N–H and O–H groups in total. The van der Waals surface area contributed by atoms with Crippen LogP contribution in [-0.4, -0.2) is 132 Å². The van der Waals surface area contributed by atoms with Gasteiger partial charge in [-0.05, 0) is 68.8 Å². The number of nitrogens with one attached hydrogen (secondary N) is 2. The highest BCUT2D eigenvalue weighted by molar-refractivity contribution is 6.00. The number of carbonyl (C=O) groups is 3. The Hall–Kier alpha value is -4.82. The minimum atomic E-state index is -0.394. The molecule has 14 heteroatoms. The van der Waals surface area contributed by atoms with E-state index in [2.05, 4.69) is 39.2 Å². The third-order valence-electron chi connectivity index (χ3n) is 9.61. The molecular formula is C37H50N10O4. The number of rotatable bonds is 8. The lowest BCUT2D eigenvalue weighted by Crippen LogP contribution is -2.50. The normalized spacial score (nSPS) is 17.5. The summed E-state index contributed by atoms with van der Waals surface area (Å²) in [5.41, 5.74) is 2.58. The molecule has 4 amide bonds. The second kappa shape index (κ2) is 16.5. The van der Waals surface area contributed by atoms with Crippen LogP contribution in [0, 0.1) is 5.92 Å². The van der Waals surface area contributed by atoms with Crippen LogP contribution >= 0.6 is 0 Å². The Labute approximate surface area is 300 Å². The van der Waals surface area contributed by atoms with Crippen LogP contribution in [0.3, 0.4) is 0 Å². The molecule has 3 fully saturated rings. The van der Waals surface area contributed by atoms with Gasteiger partial charge in [-0.1, -0.05) is 13.8 Å². The Kier molecular flexibility index (Phi) is 11.6. The van der Waals surface area contributed by atoms with Crippen molar-refractivity contribution in [2.75, 3.05) is 99.1 Å². The Morgan fingerprint density at radius 1 is 0.647 bits per heavy atom. The lowest BCUT2D eigenvalue weighted by atomic mass is 10.1. The molecule has 3 aliphatic rings. The number of carbonyl (C=O) groups excluding carboxylic acids is 3. The Bertz CT molecular complexity index is 1650. The van der Waals surface area contributed by atoms with Gasteiger partial charge >= 0.3 is 6.03 Å². The summed E-state index contributed by atoms with van der Waals surface area (Å²) in [5, 5.41) is 5.73. The fourth-order valence-corrected chi connectivity index (χ4v) is 6.55. The first-order valence-corrected chi connectivity index (χ1v) is 18.1. The molecule has 4 heterocycles. The second-order valence-corrected chi connectivity index (χ2v) is 13.8. The first-order chi connectivity index (χ1) is 24.6. The standard InChI is InChI=1S/C37H50N10O4/c1-26(2)33(48)44-14-5-15-46(21-20-44)35-40-32(41-36(42-35)47-22-24-51-25-23-47)28-6-10-30(11-7-28)38-37(50)39-31-12-8-29(9-13-31)34(49)45-18-16-43(17-19-45)27(3)4/h6-13,26-27H,5,14-25H2,1-4H3,(H2,38,39,50). The van der Waals surface area contributed by atoms with Crippen molar-refractivity contribution in [3.63, 3.8) is 0 Å². The number of piperazine rings is 1. The van der Waals surface area contributed by atoms with Crippen LogP contribution in [-0.2, 0) is 9.53 Å². The minimum absolute atomic E-state index is 0.00746. The van der Waals surface area contributed by atoms with Gasteiger partial charge < -0.3 is 35.0 Å². The van der Waals surface area contributed by atoms with E-state index in [1.54, 1.807) is 24.3 Å². The highest BCUT2D eigenvalue weighted by Crippen LogP contribution is 2.25. The molecule has 3 aromatic rings. The Morgan fingerprint density at radius 3 is 1.80 bits per heavy atom. The topological polar surface area (TPSA) is 139 Å². The molecule has 0 unspecified atom stereocenters. The lowest BCUT2D eigenvalue weighted by molar-refractivity contribution is -0.134. The lowest BCUT2D eigenvalue weighted by Gasteiger charge is -2.37. The molecule has 0 bridgehead atoms. The van der Waals surface area contributed by atoms with E-state index in [9.17, 15) is 14.4 Å². The van der Waals surface area contributed by atoms with Crippen molar-refractivity contribution in [2.45, 2.75) is 40.2 Å². The number of anilines is 4. The third-order valence-corrected chi connectivity index (χ3v) is 9.61. The van der Waals surface area contributed by atoms with Crippen LogP contribution in [0.4, 0.5) is 28.1 Å². The molecule has 0 saturated carbocycles. The molecule has 0 radical (unpaired) electrons. The first kappa shape index (κ1) is 36.0. The summed E-state index contributed by atoms with van der Waals surface area (Å²) in [6, 6.07) is 14.5. The first-order valence-electron chi connectivity index (χ1n) is 18.1. The van der Waals surface area contributed by atoms with Gasteiger partial charge in [0.2, 0.25) is 17.8 Å². The molecule has 2 aromatic carbocycles. The minimum Gasteiger partial charge on any atom is -0.378 e. The number of urea groups is 1. The summed E-state index contributed by atoms with van der Waals surface area (Å²) in [4.78, 5) is 63.6. The average molecular weight is 699 g/mol. The van der Waals surface area contributed by atoms with Crippen molar-refractivity contribution in [3.05, 3.63) is 54.1 Å². The van der Waals surface area contributed by atoms with Gasteiger partial charge in [0.1, 0.15) is 0 Å². The van der Waals surface area contributed by atoms with E-state index in [0.29, 0.717) is 99.7 Å². The van der Waals surface area contributed by atoms with Crippen molar-refractivity contribution < 1.29 is 19.1 Å². The smallest absolute Gasteiger partial charge is 0.323 e. The van der Waals surface area contributed by atoms with Gasteiger partial charge in [-0.25, -0.2) is 4.79 Å². The maximum absolute atomic E-state index is 13.0. The third kappa shape index (κ3) is 9.11. The van der Waals surface area contributed by atoms with E-state index in [4.69, 9.17) is 19.7 Å². The quantitative estimate of drug-likeness (QED) is 0.357. The highest BCUT2D eigenvalue weighted by Gasteiger charge is 2.26. The maximum atomic E-state index is 13.0. The fourth-order valence-electron chi connectivity index (χ4n) is 6.55. The molecular weight excluding hydrogens is 648 g/mol. The number of morpholine rings is 1. The number of benzene rings is 2. The van der Waals surface area contributed by atoms with E-state index < -0.39 is 6.03 Å². The van der Waals surface area contributed by atoms with Crippen molar-refractivity contribution in [1.82, 2.24) is 29.7 Å². The summed E-state index contributed by atoms with van der Waals surface area (Å²) >= 11 is 0. The molecule has 1 aromatic heterocycles. The Morgan fingerprint density at radius 2 is 1.22 bits per heavy atom. The highest BCUT2D eigenvalue weighted by atomic mass is 16.5. The average Bonchev–Trinajstić information content (AvgIpc) is 3.41. The zero-order chi connectivity index (χ0) is 35.9. The van der Waals surface area contributed by atoms with Gasteiger partial charge in [-0.3, -0.25) is 14.5 Å². The van der Waals surface area contributed by atoms with Crippen molar-refractivity contribution in [1.29, 1.82) is 0 Å². The molecule has 0 atom stereocenters. The molecule has 272 valence electrons. The molecule has 0 spiro atoms. The second-order valence-electron chi connectivity index (χ2n) is 13.8. The van der Waals surface area contributed by atoms with E-state index in [1.165, 1.54) is 0 Å². The van der Waals surface area contributed by atoms with Crippen LogP contribution in [0.5, 0.6) is 0 Å². The number of ether oxygens (including phenoxy) is 1. The molecule has 0 aliphatic carbocycles. The van der Waals surface area contributed by atoms with E-state index in [1.807, 2.05) is 47.9 Å². The summed E-state index contributed by atoms with van der Waals surface area (Å²) in [7, 11) is 0. The molecule has 14 nitrogen and oxygen atoms in total. The summed E-state index contributed by atoms with van der Waals surface area (Å²) < 4.78 is 5.56. The number of aromatic nitrogens is 3. The summed E-state index contributed by atoms with van der Waals surface area (Å²) in [5.74, 6) is 1.85. The van der Waals surface area contributed by atoms with Crippen LogP contribution in [0.15, 0.2) is 48.5 Å². The van der Waals surface area contributed by atoms with Crippen LogP contribution in [0.25, 0.3) is 11.4 Å². The van der Waals surface area contributed by atoms with Gasteiger partial charge in [-0.2, -0.15) is 15.0 Å². The SMILES string of the molecule is CC(C)C(=O)N1CCCN(c2nc(-c3ccc(NC(=O)Nc4ccc(C(=O)N5CCN(C(C)C)CC5)cc4)cc3)nc(N3CCOCC3)n2)CC1. The molecule has 3 aliphatic heterocycles. The molecule has 51 heavy (non-hydrogen) atoms. The summed E-state index contributed by atoms with van der Waals surface area (Å²) in [6.45, 7) is 16.7.